The molecule has 13 heteroatoms. The number of sulfonamides is 1. The molecule has 2 saturated heterocycles. The van der Waals surface area contributed by atoms with E-state index in [0.29, 0.717) is 19.7 Å². The van der Waals surface area contributed by atoms with Crippen LogP contribution in [0.25, 0.3) is 0 Å². The van der Waals surface area contributed by atoms with Crippen molar-refractivity contribution >= 4 is 16.0 Å². The van der Waals surface area contributed by atoms with Gasteiger partial charge in [0.1, 0.15) is 5.76 Å². The molecule has 3 fully saturated rings. The molecule has 1 aromatic rings. The van der Waals surface area contributed by atoms with E-state index in [0.717, 1.165) is 42.9 Å². The number of aromatic nitrogens is 1. The molecule has 30 heavy (non-hydrogen) atoms. The van der Waals surface area contributed by atoms with Crippen molar-refractivity contribution in [3.05, 3.63) is 17.0 Å². The number of fused-ring (bicyclic) bond motifs is 1. The Morgan fingerprint density at radius 1 is 1.27 bits per heavy atom. The highest BCUT2D eigenvalue weighted by atomic mass is 32.2. The van der Waals surface area contributed by atoms with E-state index in [4.69, 9.17) is 19.2 Å². The molecule has 1 aromatic heterocycles. The second kappa shape index (κ2) is 8.44. The molecule has 0 radical (unpaired) electrons. The molecule has 1 N–H and O–H groups in total. The number of carboxylic acids is 1. The lowest BCUT2D eigenvalue weighted by Crippen LogP contribution is -2.50. The van der Waals surface area contributed by atoms with Gasteiger partial charge in [-0.25, -0.2) is 13.2 Å². The van der Waals surface area contributed by atoms with E-state index in [9.17, 15) is 21.6 Å². The SMILES string of the molecule is Cc1noc(C)c1CN1CCO[C@H]2CN(S(=O)(=O)C3CC3)C[C@H]21.O=C(O)C(F)(F)F. The third-order valence-electron chi connectivity index (χ3n) is 5.47. The third-order valence-corrected chi connectivity index (χ3v) is 7.81. The molecule has 0 aromatic carbocycles. The van der Waals surface area contributed by atoms with Crippen molar-refractivity contribution in [3.8, 4) is 0 Å². The summed E-state index contributed by atoms with van der Waals surface area (Å²) >= 11 is 0. The summed E-state index contributed by atoms with van der Waals surface area (Å²) in [6, 6.07) is 0.117. The number of ether oxygens (including phenoxy) is 1. The molecule has 2 atom stereocenters. The number of morpholine rings is 1. The number of carboxylic acid groups (broad SMARTS) is 1. The van der Waals surface area contributed by atoms with Gasteiger partial charge < -0.3 is 14.4 Å². The largest absolute Gasteiger partial charge is 0.490 e. The highest BCUT2D eigenvalue weighted by molar-refractivity contribution is 7.90. The Kier molecular flexibility index (Phi) is 6.46. The number of carbonyl (C=O) groups is 1. The molecule has 0 unspecified atom stereocenters. The highest BCUT2D eigenvalue weighted by Crippen LogP contribution is 2.35. The van der Waals surface area contributed by atoms with Gasteiger partial charge in [-0.3, -0.25) is 4.90 Å². The minimum atomic E-state index is -5.08. The van der Waals surface area contributed by atoms with Crippen molar-refractivity contribution in [2.75, 3.05) is 26.2 Å². The van der Waals surface area contributed by atoms with Crippen LogP contribution in [-0.4, -0.2) is 83.7 Å². The number of aliphatic carboxylic acids is 1. The molecule has 0 amide bonds. The molecule has 1 saturated carbocycles. The fourth-order valence-corrected chi connectivity index (χ4v) is 5.50. The van der Waals surface area contributed by atoms with Crippen LogP contribution in [0.3, 0.4) is 0 Å². The predicted octanol–water partition coefficient (Wildman–Crippen LogP) is 1.30. The molecule has 1 aliphatic carbocycles. The molecule has 9 nitrogen and oxygen atoms in total. The van der Waals surface area contributed by atoms with Crippen LogP contribution in [0.15, 0.2) is 4.52 Å². The van der Waals surface area contributed by atoms with E-state index in [1.807, 2.05) is 13.8 Å². The van der Waals surface area contributed by atoms with Crippen molar-refractivity contribution in [3.63, 3.8) is 0 Å². The van der Waals surface area contributed by atoms with Gasteiger partial charge in [-0.2, -0.15) is 17.5 Å². The lowest BCUT2D eigenvalue weighted by Gasteiger charge is -2.36. The molecular formula is C17H24F3N3O6S. The summed E-state index contributed by atoms with van der Waals surface area (Å²) in [6.07, 6.45) is -3.51. The van der Waals surface area contributed by atoms with Crippen molar-refractivity contribution < 1.29 is 40.8 Å². The van der Waals surface area contributed by atoms with Crippen LogP contribution in [0, 0.1) is 13.8 Å². The van der Waals surface area contributed by atoms with Crippen LogP contribution in [0.1, 0.15) is 29.9 Å². The van der Waals surface area contributed by atoms with Crippen molar-refractivity contribution in [1.82, 2.24) is 14.4 Å². The van der Waals surface area contributed by atoms with Gasteiger partial charge in [0, 0.05) is 31.7 Å². The zero-order chi connectivity index (χ0) is 22.3. The summed E-state index contributed by atoms with van der Waals surface area (Å²) < 4.78 is 69.5. The monoisotopic (exact) mass is 455 g/mol. The minimum Gasteiger partial charge on any atom is -0.475 e. The maximum absolute atomic E-state index is 12.5. The van der Waals surface area contributed by atoms with Gasteiger partial charge in [-0.15, -0.1) is 0 Å². The van der Waals surface area contributed by atoms with Gasteiger partial charge in [-0.05, 0) is 26.7 Å². The van der Waals surface area contributed by atoms with Crippen LogP contribution in [0.5, 0.6) is 0 Å². The maximum atomic E-state index is 12.5. The number of rotatable bonds is 4. The number of aryl methyl sites for hydroxylation is 2. The first kappa shape index (κ1) is 23.0. The second-order valence-corrected chi connectivity index (χ2v) is 9.83. The van der Waals surface area contributed by atoms with E-state index >= 15 is 0 Å². The molecular weight excluding hydrogens is 431 g/mol. The van der Waals surface area contributed by atoms with E-state index in [1.54, 1.807) is 4.31 Å². The fraction of sp³-hybridized carbons (Fsp3) is 0.765. The van der Waals surface area contributed by atoms with Gasteiger partial charge in [0.25, 0.3) is 0 Å². The Balaban J connectivity index is 0.000000318. The highest BCUT2D eigenvalue weighted by Gasteiger charge is 2.48. The standard InChI is InChI=1S/C15H23N3O4S.C2HF3O2/c1-10-13(11(2)22-16-10)7-17-5-6-21-15-9-18(8-14(15)17)23(19,20)12-3-4-12;3-2(4,5)1(6)7/h12,14-15H,3-9H2,1-2H3;(H,6,7)/t14-,15+;/m1./s1. The van der Waals surface area contributed by atoms with Crippen LogP contribution < -0.4 is 0 Å². The lowest BCUT2D eigenvalue weighted by molar-refractivity contribution is -0.192. The maximum Gasteiger partial charge on any atom is 0.490 e. The summed E-state index contributed by atoms with van der Waals surface area (Å²) in [4.78, 5) is 11.2. The van der Waals surface area contributed by atoms with Gasteiger partial charge in [0.05, 0.1) is 29.7 Å². The molecule has 2 aliphatic heterocycles. The van der Waals surface area contributed by atoms with Crippen molar-refractivity contribution in [2.45, 2.75) is 56.8 Å². The minimum absolute atomic E-state index is 0.0299. The normalized spacial score (nSPS) is 25.5. The smallest absolute Gasteiger partial charge is 0.475 e. The Bertz CT molecular complexity index is 864. The average molecular weight is 455 g/mol. The Labute approximate surface area is 171 Å². The molecule has 0 bridgehead atoms. The van der Waals surface area contributed by atoms with Gasteiger partial charge in [-0.1, -0.05) is 5.16 Å². The van der Waals surface area contributed by atoms with Crippen LogP contribution in [0.2, 0.25) is 0 Å². The topological polar surface area (TPSA) is 113 Å². The van der Waals surface area contributed by atoms with Crippen molar-refractivity contribution in [2.24, 2.45) is 0 Å². The first-order chi connectivity index (χ1) is 13.9. The molecule has 3 aliphatic rings. The number of hydrogen-bond donors (Lipinski definition) is 1. The number of alkyl halides is 3. The Morgan fingerprint density at radius 3 is 2.40 bits per heavy atom. The Morgan fingerprint density at radius 2 is 1.90 bits per heavy atom. The summed E-state index contributed by atoms with van der Waals surface area (Å²) in [6.45, 7) is 7.08. The van der Waals surface area contributed by atoms with E-state index in [-0.39, 0.29) is 17.4 Å². The number of halogens is 3. The number of hydrogen-bond acceptors (Lipinski definition) is 7. The second-order valence-electron chi connectivity index (χ2n) is 7.61. The summed E-state index contributed by atoms with van der Waals surface area (Å²) in [5, 5.41) is 11.0. The molecule has 4 rings (SSSR count). The van der Waals surface area contributed by atoms with E-state index < -0.39 is 22.2 Å². The van der Waals surface area contributed by atoms with E-state index in [2.05, 4.69) is 10.1 Å². The third kappa shape index (κ3) is 4.95. The summed E-state index contributed by atoms with van der Waals surface area (Å²) in [5.41, 5.74) is 2.01. The zero-order valence-corrected chi connectivity index (χ0v) is 17.4. The molecule has 0 spiro atoms. The lowest BCUT2D eigenvalue weighted by atomic mass is 10.1. The predicted molar refractivity (Wildman–Crippen MR) is 97.1 cm³/mol. The summed E-state index contributed by atoms with van der Waals surface area (Å²) in [5.74, 6) is -1.92. The molecule has 170 valence electrons. The average Bonchev–Trinajstić information content (AvgIpc) is 3.35. The van der Waals surface area contributed by atoms with Gasteiger partial charge >= 0.3 is 12.1 Å². The van der Waals surface area contributed by atoms with Crippen molar-refractivity contribution in [1.29, 1.82) is 0 Å². The van der Waals surface area contributed by atoms with Crippen LogP contribution in [-0.2, 0) is 26.1 Å². The van der Waals surface area contributed by atoms with Crippen LogP contribution >= 0.6 is 0 Å². The summed E-state index contributed by atoms with van der Waals surface area (Å²) in [7, 11) is -3.13. The quantitative estimate of drug-likeness (QED) is 0.723. The number of nitrogens with zero attached hydrogens (tertiary/aromatic N) is 3. The van der Waals surface area contributed by atoms with Gasteiger partial charge in [0.2, 0.25) is 10.0 Å². The first-order valence-corrected chi connectivity index (χ1v) is 11.0. The van der Waals surface area contributed by atoms with E-state index in [1.165, 1.54) is 0 Å². The fourth-order valence-electron chi connectivity index (χ4n) is 3.64. The first-order valence-electron chi connectivity index (χ1n) is 9.47. The van der Waals surface area contributed by atoms with Gasteiger partial charge in [0.15, 0.2) is 0 Å². The Hall–Kier alpha value is -1.70. The molecule has 3 heterocycles. The van der Waals surface area contributed by atoms with Crippen LogP contribution in [0.4, 0.5) is 13.2 Å². The zero-order valence-electron chi connectivity index (χ0n) is 16.6.